The number of hydrogen-bond acceptors (Lipinski definition) is 5. The van der Waals surface area contributed by atoms with Crippen LogP contribution in [0.5, 0.6) is 5.75 Å². The first kappa shape index (κ1) is 18.5. The molecule has 1 heterocycles. The molecular weight excluding hydrogens is 320 g/mol. The van der Waals surface area contributed by atoms with Crippen molar-refractivity contribution in [2.24, 2.45) is 0 Å². The van der Waals surface area contributed by atoms with Crippen molar-refractivity contribution < 1.29 is 19.1 Å². The summed E-state index contributed by atoms with van der Waals surface area (Å²) in [5.74, 6) is -0.295. The molecule has 1 fully saturated rings. The van der Waals surface area contributed by atoms with Gasteiger partial charge in [0.05, 0.1) is 6.10 Å². The number of esters is 1. The van der Waals surface area contributed by atoms with Gasteiger partial charge in [-0.05, 0) is 38.8 Å². The lowest BCUT2D eigenvalue weighted by atomic mass is 10.1. The van der Waals surface area contributed by atoms with Gasteiger partial charge in [-0.2, -0.15) is 5.26 Å². The highest BCUT2D eigenvalue weighted by atomic mass is 16.5. The number of benzene rings is 1. The van der Waals surface area contributed by atoms with E-state index in [2.05, 4.69) is 0 Å². The zero-order valence-corrected chi connectivity index (χ0v) is 14.5. The molecule has 0 N–H and O–H groups in total. The molecule has 1 aliphatic heterocycles. The van der Waals surface area contributed by atoms with Crippen LogP contribution in [0.3, 0.4) is 0 Å². The van der Waals surface area contributed by atoms with Gasteiger partial charge in [0.1, 0.15) is 17.4 Å². The molecule has 0 bridgehead atoms. The van der Waals surface area contributed by atoms with Gasteiger partial charge < -0.3 is 14.4 Å². The van der Waals surface area contributed by atoms with E-state index in [0.717, 1.165) is 25.9 Å². The number of amides is 1. The Labute approximate surface area is 147 Å². The second-order valence-corrected chi connectivity index (χ2v) is 6.04. The second-order valence-electron chi connectivity index (χ2n) is 6.04. The van der Waals surface area contributed by atoms with Crippen LogP contribution >= 0.6 is 0 Å². The fourth-order valence-electron chi connectivity index (χ4n) is 2.50. The summed E-state index contributed by atoms with van der Waals surface area (Å²) in [6.07, 6.45) is 3.15. The molecular formula is C19H22N2O4. The van der Waals surface area contributed by atoms with Crippen LogP contribution in [0.4, 0.5) is 0 Å². The van der Waals surface area contributed by atoms with E-state index in [1.165, 1.54) is 6.08 Å². The summed E-state index contributed by atoms with van der Waals surface area (Å²) in [5.41, 5.74) is 0.435. The molecule has 1 amide bonds. The number of nitrogens with zero attached hydrogens (tertiary/aromatic N) is 2. The van der Waals surface area contributed by atoms with E-state index in [4.69, 9.17) is 9.47 Å². The monoisotopic (exact) mass is 342 g/mol. The summed E-state index contributed by atoms with van der Waals surface area (Å²) in [4.78, 5) is 25.8. The predicted octanol–water partition coefficient (Wildman–Crippen LogP) is 2.55. The van der Waals surface area contributed by atoms with Crippen LogP contribution in [0, 0.1) is 11.3 Å². The van der Waals surface area contributed by atoms with Crippen LogP contribution in [0.2, 0.25) is 0 Å². The third-order valence-electron chi connectivity index (χ3n) is 3.71. The van der Waals surface area contributed by atoms with Crippen molar-refractivity contribution in [2.45, 2.75) is 32.8 Å². The molecule has 1 aromatic rings. The van der Waals surface area contributed by atoms with E-state index >= 15 is 0 Å². The van der Waals surface area contributed by atoms with Crippen LogP contribution in [0.1, 0.15) is 32.3 Å². The molecule has 132 valence electrons. The molecule has 1 saturated heterocycles. The number of nitriles is 1. The molecule has 25 heavy (non-hydrogen) atoms. The highest BCUT2D eigenvalue weighted by molar-refractivity contribution is 5.98. The Bertz CT molecular complexity index is 698. The normalized spacial score (nSPS) is 14.3. The fraction of sp³-hybridized carbons (Fsp3) is 0.421. The SMILES string of the molecule is CC(C)OC(=O)C(C#N)=Cc1ccccc1OCC(=O)N1CCCC1. The molecule has 0 spiro atoms. The summed E-state index contributed by atoms with van der Waals surface area (Å²) in [7, 11) is 0. The summed E-state index contributed by atoms with van der Waals surface area (Å²) in [6.45, 7) is 4.90. The van der Waals surface area contributed by atoms with E-state index < -0.39 is 5.97 Å². The average molecular weight is 342 g/mol. The van der Waals surface area contributed by atoms with Crippen molar-refractivity contribution in [1.29, 1.82) is 5.26 Å². The van der Waals surface area contributed by atoms with Gasteiger partial charge in [-0.15, -0.1) is 0 Å². The van der Waals surface area contributed by atoms with Crippen molar-refractivity contribution in [3.05, 3.63) is 35.4 Å². The predicted molar refractivity (Wildman–Crippen MR) is 92.6 cm³/mol. The topological polar surface area (TPSA) is 79.6 Å². The molecule has 0 saturated carbocycles. The summed E-state index contributed by atoms with van der Waals surface area (Å²) < 4.78 is 10.7. The minimum absolute atomic E-state index is 0.0593. The highest BCUT2D eigenvalue weighted by Crippen LogP contribution is 2.22. The number of para-hydroxylation sites is 1. The molecule has 1 aliphatic rings. The Hall–Kier alpha value is -2.81. The summed E-state index contributed by atoms with van der Waals surface area (Å²) >= 11 is 0. The Morgan fingerprint density at radius 3 is 2.60 bits per heavy atom. The number of hydrogen-bond donors (Lipinski definition) is 0. The molecule has 2 rings (SSSR count). The van der Waals surface area contributed by atoms with Crippen molar-refractivity contribution >= 4 is 18.0 Å². The first-order valence-corrected chi connectivity index (χ1v) is 8.33. The Balaban J connectivity index is 2.11. The molecule has 0 atom stereocenters. The van der Waals surface area contributed by atoms with E-state index in [1.807, 2.05) is 6.07 Å². The van der Waals surface area contributed by atoms with Crippen LogP contribution in [-0.2, 0) is 14.3 Å². The van der Waals surface area contributed by atoms with Gasteiger partial charge in [0.25, 0.3) is 5.91 Å². The van der Waals surface area contributed by atoms with Crippen LogP contribution in [-0.4, -0.2) is 42.6 Å². The van der Waals surface area contributed by atoms with E-state index in [0.29, 0.717) is 11.3 Å². The average Bonchev–Trinajstić information content (AvgIpc) is 3.12. The van der Waals surface area contributed by atoms with Gasteiger partial charge in [0, 0.05) is 18.7 Å². The third kappa shape index (κ3) is 5.35. The third-order valence-corrected chi connectivity index (χ3v) is 3.71. The van der Waals surface area contributed by atoms with Gasteiger partial charge in [-0.1, -0.05) is 18.2 Å². The van der Waals surface area contributed by atoms with Crippen LogP contribution < -0.4 is 4.74 Å². The number of rotatable bonds is 6. The largest absolute Gasteiger partial charge is 0.483 e. The van der Waals surface area contributed by atoms with E-state index in [9.17, 15) is 14.9 Å². The lowest BCUT2D eigenvalue weighted by Crippen LogP contribution is -2.32. The van der Waals surface area contributed by atoms with Gasteiger partial charge in [-0.3, -0.25) is 4.79 Å². The Morgan fingerprint density at radius 1 is 1.28 bits per heavy atom. The maximum atomic E-state index is 12.1. The smallest absolute Gasteiger partial charge is 0.349 e. The highest BCUT2D eigenvalue weighted by Gasteiger charge is 2.19. The van der Waals surface area contributed by atoms with Crippen LogP contribution in [0.15, 0.2) is 29.8 Å². The minimum Gasteiger partial charge on any atom is -0.483 e. The summed E-state index contributed by atoms with van der Waals surface area (Å²) in [5, 5.41) is 9.20. The molecule has 0 aliphatic carbocycles. The van der Waals surface area contributed by atoms with Gasteiger partial charge in [-0.25, -0.2) is 4.79 Å². The van der Waals surface area contributed by atoms with Gasteiger partial charge in [0.2, 0.25) is 0 Å². The second kappa shape index (κ2) is 8.88. The number of likely N-dealkylation sites (tertiary alicyclic amines) is 1. The maximum absolute atomic E-state index is 12.1. The molecule has 6 heteroatoms. The number of ether oxygens (including phenoxy) is 2. The molecule has 0 unspecified atom stereocenters. The number of carbonyl (C=O) groups excluding carboxylic acids is 2. The van der Waals surface area contributed by atoms with Crippen molar-refractivity contribution in [3.63, 3.8) is 0 Å². The molecule has 0 aromatic heterocycles. The van der Waals surface area contributed by atoms with Crippen LogP contribution in [0.25, 0.3) is 6.08 Å². The van der Waals surface area contributed by atoms with Crippen molar-refractivity contribution in [2.75, 3.05) is 19.7 Å². The fourth-order valence-corrected chi connectivity index (χ4v) is 2.50. The standard InChI is InChI=1S/C19H22N2O4/c1-14(2)25-19(23)16(12-20)11-15-7-3-4-8-17(15)24-13-18(22)21-9-5-6-10-21/h3-4,7-8,11,14H,5-6,9-10,13H2,1-2H3. The Morgan fingerprint density at radius 2 is 1.96 bits per heavy atom. The molecule has 1 aromatic carbocycles. The lowest BCUT2D eigenvalue weighted by Gasteiger charge is -2.16. The minimum atomic E-state index is -0.680. The maximum Gasteiger partial charge on any atom is 0.349 e. The first-order chi connectivity index (χ1) is 12.0. The zero-order valence-electron chi connectivity index (χ0n) is 14.5. The van der Waals surface area contributed by atoms with E-state index in [1.54, 1.807) is 43.0 Å². The number of carbonyl (C=O) groups is 2. The van der Waals surface area contributed by atoms with E-state index in [-0.39, 0.29) is 24.2 Å². The molecule has 0 radical (unpaired) electrons. The first-order valence-electron chi connectivity index (χ1n) is 8.33. The zero-order chi connectivity index (χ0) is 18.2. The van der Waals surface area contributed by atoms with Gasteiger partial charge >= 0.3 is 5.97 Å². The van der Waals surface area contributed by atoms with Crippen molar-refractivity contribution in [1.82, 2.24) is 4.90 Å². The van der Waals surface area contributed by atoms with Crippen molar-refractivity contribution in [3.8, 4) is 11.8 Å². The van der Waals surface area contributed by atoms with Gasteiger partial charge in [0.15, 0.2) is 6.61 Å². The Kier molecular flexibility index (Phi) is 6.58. The summed E-state index contributed by atoms with van der Waals surface area (Å²) in [6, 6.07) is 8.80. The molecule has 6 nitrogen and oxygen atoms in total. The quantitative estimate of drug-likeness (QED) is 0.451. The lowest BCUT2D eigenvalue weighted by molar-refractivity contribution is -0.142.